The molecule has 1 unspecified atom stereocenters. The van der Waals surface area contributed by atoms with Crippen molar-refractivity contribution in [3.05, 3.63) is 89.5 Å². The molecule has 2 aliphatic heterocycles. The van der Waals surface area contributed by atoms with Crippen LogP contribution in [0, 0.1) is 5.92 Å². The van der Waals surface area contributed by atoms with Crippen molar-refractivity contribution in [2.45, 2.75) is 37.8 Å². The molecule has 0 bridgehead atoms. The van der Waals surface area contributed by atoms with Crippen molar-refractivity contribution in [1.82, 2.24) is 5.32 Å². The molecule has 2 amide bonds. The van der Waals surface area contributed by atoms with Crippen LogP contribution >= 0.6 is 12.6 Å². The van der Waals surface area contributed by atoms with Gasteiger partial charge in [-0.1, -0.05) is 72.8 Å². The number of hydrogen-bond donors (Lipinski definition) is 3. The number of aryl methyl sites for hydroxylation is 1. The van der Waals surface area contributed by atoms with Gasteiger partial charge in [0.15, 0.2) is 0 Å². The van der Waals surface area contributed by atoms with Crippen LogP contribution in [0.4, 0.5) is 5.69 Å². The van der Waals surface area contributed by atoms with E-state index >= 15 is 0 Å². The summed E-state index contributed by atoms with van der Waals surface area (Å²) >= 11 is 4.42. The van der Waals surface area contributed by atoms with Gasteiger partial charge >= 0.3 is 5.97 Å². The molecule has 36 heavy (non-hydrogen) atoms. The van der Waals surface area contributed by atoms with Gasteiger partial charge in [-0.25, -0.2) is 4.79 Å². The largest absolute Gasteiger partial charge is 0.480 e. The van der Waals surface area contributed by atoms with E-state index in [0.717, 1.165) is 27.8 Å². The van der Waals surface area contributed by atoms with Crippen molar-refractivity contribution in [2.75, 3.05) is 10.7 Å². The summed E-state index contributed by atoms with van der Waals surface area (Å²) in [7, 11) is 0. The Morgan fingerprint density at radius 2 is 1.67 bits per heavy atom. The number of anilines is 1. The van der Waals surface area contributed by atoms with Crippen molar-refractivity contribution in [2.24, 2.45) is 5.92 Å². The summed E-state index contributed by atoms with van der Waals surface area (Å²) in [6.07, 6.45) is 1.80. The lowest BCUT2D eigenvalue weighted by molar-refractivity contribution is -0.140. The number of nitrogens with zero attached hydrogens (tertiary/aromatic N) is 1. The summed E-state index contributed by atoms with van der Waals surface area (Å²) in [5.74, 6) is -1.72. The maximum Gasteiger partial charge on any atom is 0.327 e. The number of rotatable bonds is 7. The van der Waals surface area contributed by atoms with E-state index in [2.05, 4.69) is 30.1 Å². The lowest BCUT2D eigenvalue weighted by Crippen LogP contribution is -2.53. The second kappa shape index (κ2) is 10.2. The predicted octanol–water partition coefficient (Wildman–Crippen LogP) is 3.92. The number of thiol groups is 1. The number of carbonyl (C=O) groups excluding carboxylic acids is 2. The second-order valence-corrected chi connectivity index (χ2v) is 9.80. The van der Waals surface area contributed by atoms with E-state index in [1.54, 1.807) is 0 Å². The molecule has 0 saturated carbocycles. The molecule has 2 N–H and O–H groups in total. The molecule has 0 spiro atoms. The summed E-state index contributed by atoms with van der Waals surface area (Å²) in [6, 6.07) is 22.2. The van der Waals surface area contributed by atoms with Crippen molar-refractivity contribution in [3.63, 3.8) is 0 Å². The summed E-state index contributed by atoms with van der Waals surface area (Å²) in [5.41, 5.74) is 5.77. The minimum atomic E-state index is -1.04. The maximum atomic E-state index is 13.5. The smallest absolute Gasteiger partial charge is 0.327 e. The van der Waals surface area contributed by atoms with E-state index in [0.29, 0.717) is 30.7 Å². The van der Waals surface area contributed by atoms with E-state index in [9.17, 15) is 19.5 Å². The van der Waals surface area contributed by atoms with Crippen molar-refractivity contribution in [1.29, 1.82) is 0 Å². The molecule has 3 aromatic rings. The number of carbonyl (C=O) groups is 3. The van der Waals surface area contributed by atoms with Crippen molar-refractivity contribution < 1.29 is 19.5 Å². The first-order chi connectivity index (χ1) is 17.5. The molecule has 5 rings (SSSR count). The highest BCUT2D eigenvalue weighted by Gasteiger charge is 2.44. The van der Waals surface area contributed by atoms with E-state index in [1.165, 1.54) is 4.90 Å². The Hall–Kier alpha value is -3.58. The van der Waals surface area contributed by atoms with Crippen LogP contribution in [0.5, 0.6) is 0 Å². The molecule has 0 fully saturated rings. The highest BCUT2D eigenvalue weighted by Crippen LogP contribution is 2.39. The molecule has 3 aromatic carbocycles. The molecule has 2 aliphatic rings. The van der Waals surface area contributed by atoms with Crippen LogP contribution in [0.1, 0.15) is 23.1 Å². The van der Waals surface area contributed by atoms with E-state index in [4.69, 9.17) is 0 Å². The van der Waals surface area contributed by atoms with Crippen molar-refractivity contribution >= 4 is 36.1 Å². The first-order valence-corrected chi connectivity index (χ1v) is 12.8. The molecule has 0 aliphatic carbocycles. The molecule has 0 saturated heterocycles. The SMILES string of the molecule is O=C(NC1CCc2cccc3c2N(C1=O)[C@H](C(=O)O)C3)[C@@H](CS)Cc1ccc(-c2ccccc2)cc1. The Kier molecular flexibility index (Phi) is 6.83. The Bertz CT molecular complexity index is 1290. The standard InChI is InChI=1S/C29H28N2O4S/c32-27(23(17-36)15-18-9-11-20(12-10-18)19-5-2-1-3-6-19)30-24-14-13-21-7-4-8-22-16-25(29(34)35)31(26(21)22)28(24)33/h1-12,23-25,36H,13-17H2,(H,30,32)(H,34,35)/t23-,24?,25+/m1/s1. The van der Waals surface area contributed by atoms with Gasteiger partial charge in [0.25, 0.3) is 0 Å². The topological polar surface area (TPSA) is 86.7 Å². The average molecular weight is 501 g/mol. The van der Waals surface area contributed by atoms with Crippen LogP contribution < -0.4 is 10.2 Å². The van der Waals surface area contributed by atoms with Gasteiger partial charge in [-0.05, 0) is 47.1 Å². The number of benzene rings is 3. The molecule has 0 aromatic heterocycles. The summed E-state index contributed by atoms with van der Waals surface area (Å²) < 4.78 is 0. The van der Waals surface area contributed by atoms with Gasteiger partial charge < -0.3 is 10.4 Å². The molecule has 7 heteroatoms. The molecule has 0 radical (unpaired) electrons. The summed E-state index contributed by atoms with van der Waals surface area (Å²) in [5, 5.41) is 12.7. The molecule has 184 valence electrons. The van der Waals surface area contributed by atoms with Crippen LogP contribution in [0.3, 0.4) is 0 Å². The van der Waals surface area contributed by atoms with Gasteiger partial charge in [0.2, 0.25) is 11.8 Å². The quantitative estimate of drug-likeness (QED) is 0.430. The third-order valence-electron chi connectivity index (χ3n) is 7.14. The lowest BCUT2D eigenvalue weighted by Gasteiger charge is -2.27. The van der Waals surface area contributed by atoms with Gasteiger partial charge in [0, 0.05) is 12.2 Å². The fourth-order valence-corrected chi connectivity index (χ4v) is 5.54. The fraction of sp³-hybridized carbons (Fsp3) is 0.276. The van der Waals surface area contributed by atoms with Gasteiger partial charge in [-0.3, -0.25) is 14.5 Å². The fourth-order valence-electron chi connectivity index (χ4n) is 5.24. The summed E-state index contributed by atoms with van der Waals surface area (Å²) in [4.78, 5) is 40.1. The Balaban J connectivity index is 1.30. The molecular formula is C29H28N2O4S. The minimum absolute atomic E-state index is 0.243. The number of carboxylic acid groups (broad SMARTS) is 1. The number of hydrogen-bond acceptors (Lipinski definition) is 4. The molecule has 3 atom stereocenters. The van der Waals surface area contributed by atoms with E-state index in [1.807, 2.05) is 60.7 Å². The van der Waals surface area contributed by atoms with Gasteiger partial charge in [-0.15, -0.1) is 0 Å². The Labute approximate surface area is 215 Å². The van der Waals surface area contributed by atoms with Crippen LogP contribution in [-0.2, 0) is 33.6 Å². The van der Waals surface area contributed by atoms with Crippen LogP contribution in [-0.4, -0.2) is 40.7 Å². The molecule has 2 heterocycles. The number of amides is 2. The second-order valence-electron chi connectivity index (χ2n) is 9.44. The third-order valence-corrected chi connectivity index (χ3v) is 7.58. The van der Waals surface area contributed by atoms with Gasteiger partial charge in [0.05, 0.1) is 11.6 Å². The van der Waals surface area contributed by atoms with Crippen molar-refractivity contribution in [3.8, 4) is 11.1 Å². The highest BCUT2D eigenvalue weighted by atomic mass is 32.1. The first-order valence-electron chi connectivity index (χ1n) is 12.2. The van der Waals surface area contributed by atoms with Gasteiger partial charge in [-0.2, -0.15) is 12.6 Å². The predicted molar refractivity (Wildman–Crippen MR) is 142 cm³/mol. The molecule has 6 nitrogen and oxygen atoms in total. The zero-order valence-corrected chi connectivity index (χ0v) is 20.7. The Morgan fingerprint density at radius 1 is 0.972 bits per heavy atom. The lowest BCUT2D eigenvalue weighted by atomic mass is 9.96. The minimum Gasteiger partial charge on any atom is -0.480 e. The monoisotopic (exact) mass is 500 g/mol. The average Bonchev–Trinajstić information content (AvgIpc) is 3.24. The van der Waals surface area contributed by atoms with E-state index in [-0.39, 0.29) is 18.2 Å². The number of para-hydroxylation sites is 1. The zero-order valence-electron chi connectivity index (χ0n) is 19.8. The number of carboxylic acids is 1. The van der Waals surface area contributed by atoms with Crippen LogP contribution in [0.2, 0.25) is 0 Å². The summed E-state index contributed by atoms with van der Waals surface area (Å²) in [6.45, 7) is 0. The third kappa shape index (κ3) is 4.63. The highest BCUT2D eigenvalue weighted by molar-refractivity contribution is 7.80. The van der Waals surface area contributed by atoms with E-state index < -0.39 is 24.0 Å². The molecular weight excluding hydrogens is 472 g/mol. The number of aliphatic carboxylic acids is 1. The zero-order chi connectivity index (χ0) is 25.2. The van der Waals surface area contributed by atoms with Crippen LogP contribution in [0.15, 0.2) is 72.8 Å². The number of nitrogens with one attached hydrogen (secondary N) is 1. The van der Waals surface area contributed by atoms with Gasteiger partial charge in [0.1, 0.15) is 12.1 Å². The maximum absolute atomic E-state index is 13.5. The first kappa shape index (κ1) is 24.1. The van der Waals surface area contributed by atoms with Crippen LogP contribution in [0.25, 0.3) is 11.1 Å². The normalized spacial score (nSPS) is 19.4. The Morgan fingerprint density at radius 3 is 2.36 bits per heavy atom.